The van der Waals surface area contributed by atoms with Crippen LogP contribution in [0.15, 0.2) is 42.7 Å². The molecule has 24 heavy (non-hydrogen) atoms. The zero-order valence-corrected chi connectivity index (χ0v) is 14.7. The van der Waals surface area contributed by atoms with E-state index in [1.165, 1.54) is 0 Å². The molecule has 6 heteroatoms. The molecule has 1 aromatic heterocycles. The Morgan fingerprint density at radius 2 is 2.17 bits per heavy atom. The van der Waals surface area contributed by atoms with Crippen LogP contribution in [0.5, 0.6) is 0 Å². The Morgan fingerprint density at radius 1 is 1.38 bits per heavy atom. The number of urea groups is 1. The van der Waals surface area contributed by atoms with Gasteiger partial charge in [0.2, 0.25) is 0 Å². The summed E-state index contributed by atoms with van der Waals surface area (Å²) in [5.74, 6) is 0. The van der Waals surface area contributed by atoms with Crippen molar-refractivity contribution >= 4 is 11.7 Å². The Bertz CT molecular complexity index is 653. The number of carbonyl (C=O) groups excluding carboxylic acids is 1. The van der Waals surface area contributed by atoms with E-state index in [4.69, 9.17) is 4.74 Å². The third-order valence-electron chi connectivity index (χ3n) is 3.82. The van der Waals surface area contributed by atoms with Crippen molar-refractivity contribution in [2.75, 3.05) is 12.4 Å². The van der Waals surface area contributed by atoms with Gasteiger partial charge in [0.05, 0.1) is 12.1 Å². The van der Waals surface area contributed by atoms with Crippen molar-refractivity contribution < 1.29 is 9.53 Å². The SMILES string of the molecule is COC(C)(C)CC(C)NC(=O)Nc1cccc(Cn2cccn2)c1. The van der Waals surface area contributed by atoms with Crippen molar-refractivity contribution in [1.82, 2.24) is 15.1 Å². The van der Waals surface area contributed by atoms with Gasteiger partial charge < -0.3 is 15.4 Å². The lowest BCUT2D eigenvalue weighted by atomic mass is 10.00. The van der Waals surface area contributed by atoms with E-state index in [0.29, 0.717) is 6.54 Å². The number of ether oxygens (including phenoxy) is 1. The van der Waals surface area contributed by atoms with Crippen LogP contribution in [0.25, 0.3) is 0 Å². The van der Waals surface area contributed by atoms with Crippen LogP contribution < -0.4 is 10.6 Å². The summed E-state index contributed by atoms with van der Waals surface area (Å²) in [6.07, 6.45) is 4.39. The van der Waals surface area contributed by atoms with Crippen LogP contribution in [0.1, 0.15) is 32.8 Å². The molecule has 2 aromatic rings. The molecule has 0 aliphatic heterocycles. The number of aromatic nitrogens is 2. The van der Waals surface area contributed by atoms with Gasteiger partial charge in [-0.3, -0.25) is 4.68 Å². The van der Waals surface area contributed by atoms with E-state index in [9.17, 15) is 4.79 Å². The minimum Gasteiger partial charge on any atom is -0.379 e. The van der Waals surface area contributed by atoms with E-state index in [0.717, 1.165) is 17.7 Å². The van der Waals surface area contributed by atoms with Gasteiger partial charge in [-0.05, 0) is 51.0 Å². The second-order valence-corrected chi connectivity index (χ2v) is 6.57. The molecule has 2 rings (SSSR count). The van der Waals surface area contributed by atoms with Crippen molar-refractivity contribution in [3.8, 4) is 0 Å². The monoisotopic (exact) mass is 330 g/mol. The fraction of sp³-hybridized carbons (Fsp3) is 0.444. The first-order valence-corrected chi connectivity index (χ1v) is 8.07. The van der Waals surface area contributed by atoms with Gasteiger partial charge in [0.25, 0.3) is 0 Å². The zero-order chi connectivity index (χ0) is 17.6. The number of anilines is 1. The second-order valence-electron chi connectivity index (χ2n) is 6.57. The molecular formula is C18H26N4O2. The molecule has 1 heterocycles. The van der Waals surface area contributed by atoms with Gasteiger partial charge in [-0.2, -0.15) is 5.10 Å². The van der Waals surface area contributed by atoms with E-state index in [2.05, 4.69) is 15.7 Å². The summed E-state index contributed by atoms with van der Waals surface area (Å²) in [5.41, 5.74) is 1.57. The van der Waals surface area contributed by atoms with Crippen LogP contribution in [-0.4, -0.2) is 34.6 Å². The lowest BCUT2D eigenvalue weighted by molar-refractivity contribution is 0.00963. The second kappa shape index (κ2) is 7.97. The molecule has 2 N–H and O–H groups in total. The van der Waals surface area contributed by atoms with Gasteiger partial charge in [0.15, 0.2) is 0 Å². The maximum atomic E-state index is 12.1. The van der Waals surface area contributed by atoms with Crippen LogP contribution in [0.2, 0.25) is 0 Å². The predicted molar refractivity (Wildman–Crippen MR) is 95.1 cm³/mol. The molecule has 6 nitrogen and oxygen atoms in total. The average Bonchev–Trinajstić information content (AvgIpc) is 2.99. The number of hydrogen-bond donors (Lipinski definition) is 2. The Kier molecular flexibility index (Phi) is 5.98. The quantitative estimate of drug-likeness (QED) is 0.819. The number of benzene rings is 1. The highest BCUT2D eigenvalue weighted by atomic mass is 16.5. The first-order valence-electron chi connectivity index (χ1n) is 8.07. The number of amides is 2. The third-order valence-corrected chi connectivity index (χ3v) is 3.82. The molecule has 2 amide bonds. The molecule has 0 fully saturated rings. The normalized spacial score (nSPS) is 12.7. The van der Waals surface area contributed by atoms with Crippen LogP contribution in [0, 0.1) is 0 Å². The van der Waals surface area contributed by atoms with E-state index >= 15 is 0 Å². The molecule has 0 aliphatic rings. The summed E-state index contributed by atoms with van der Waals surface area (Å²) in [6, 6.07) is 9.43. The Hall–Kier alpha value is -2.34. The summed E-state index contributed by atoms with van der Waals surface area (Å²) in [7, 11) is 1.68. The minimum atomic E-state index is -0.267. The molecule has 0 bridgehead atoms. The van der Waals surface area contributed by atoms with Crippen LogP contribution in [0.3, 0.4) is 0 Å². The van der Waals surface area contributed by atoms with Gasteiger partial charge in [-0.1, -0.05) is 12.1 Å². The molecule has 130 valence electrons. The summed E-state index contributed by atoms with van der Waals surface area (Å²) >= 11 is 0. The molecule has 0 radical (unpaired) electrons. The number of nitrogens with one attached hydrogen (secondary N) is 2. The largest absolute Gasteiger partial charge is 0.379 e. The topological polar surface area (TPSA) is 68.2 Å². The molecule has 0 spiro atoms. The number of methoxy groups -OCH3 is 1. The summed E-state index contributed by atoms with van der Waals surface area (Å²) in [5, 5.41) is 10.0. The van der Waals surface area contributed by atoms with Gasteiger partial charge in [-0.15, -0.1) is 0 Å². The van der Waals surface area contributed by atoms with Crippen LogP contribution in [0.4, 0.5) is 10.5 Å². The third kappa shape index (κ3) is 5.70. The van der Waals surface area contributed by atoms with Gasteiger partial charge in [0.1, 0.15) is 0 Å². The summed E-state index contributed by atoms with van der Waals surface area (Å²) in [6.45, 7) is 6.64. The molecule has 1 unspecified atom stereocenters. The highest BCUT2D eigenvalue weighted by Crippen LogP contribution is 2.16. The first-order chi connectivity index (χ1) is 11.4. The summed E-state index contributed by atoms with van der Waals surface area (Å²) < 4.78 is 7.24. The smallest absolute Gasteiger partial charge is 0.319 e. The minimum absolute atomic E-state index is 0.00667. The number of carbonyl (C=O) groups is 1. The number of nitrogens with zero attached hydrogens (tertiary/aromatic N) is 2. The maximum Gasteiger partial charge on any atom is 0.319 e. The summed E-state index contributed by atoms with van der Waals surface area (Å²) in [4.78, 5) is 12.1. The average molecular weight is 330 g/mol. The fourth-order valence-corrected chi connectivity index (χ4v) is 2.59. The lowest BCUT2D eigenvalue weighted by Gasteiger charge is -2.27. The molecule has 0 aliphatic carbocycles. The van der Waals surface area contributed by atoms with Crippen molar-refractivity contribution in [2.45, 2.75) is 45.4 Å². The van der Waals surface area contributed by atoms with Crippen molar-refractivity contribution in [1.29, 1.82) is 0 Å². The van der Waals surface area contributed by atoms with Crippen LogP contribution >= 0.6 is 0 Å². The zero-order valence-electron chi connectivity index (χ0n) is 14.7. The van der Waals surface area contributed by atoms with Gasteiger partial charge in [-0.25, -0.2) is 4.79 Å². The van der Waals surface area contributed by atoms with Crippen molar-refractivity contribution in [3.05, 3.63) is 48.3 Å². The maximum absolute atomic E-state index is 12.1. The van der Waals surface area contributed by atoms with E-state index in [1.54, 1.807) is 13.3 Å². The highest BCUT2D eigenvalue weighted by molar-refractivity contribution is 5.89. The predicted octanol–water partition coefficient (Wildman–Crippen LogP) is 3.26. The first kappa shape index (κ1) is 18.0. The number of rotatable bonds is 7. The molecule has 1 atom stereocenters. The van der Waals surface area contributed by atoms with Crippen LogP contribution in [-0.2, 0) is 11.3 Å². The van der Waals surface area contributed by atoms with Crippen molar-refractivity contribution in [3.63, 3.8) is 0 Å². The van der Waals surface area contributed by atoms with E-state index in [-0.39, 0.29) is 17.7 Å². The van der Waals surface area contributed by atoms with Gasteiger partial charge in [0, 0.05) is 31.2 Å². The van der Waals surface area contributed by atoms with E-state index in [1.807, 2.05) is 62.0 Å². The van der Waals surface area contributed by atoms with Crippen molar-refractivity contribution in [2.24, 2.45) is 0 Å². The Labute approximate surface area is 143 Å². The van der Waals surface area contributed by atoms with E-state index < -0.39 is 0 Å². The molecular weight excluding hydrogens is 304 g/mol. The lowest BCUT2D eigenvalue weighted by Crippen LogP contribution is -2.40. The molecule has 1 aromatic carbocycles. The van der Waals surface area contributed by atoms with Gasteiger partial charge >= 0.3 is 6.03 Å². The molecule has 0 saturated heterocycles. The fourth-order valence-electron chi connectivity index (χ4n) is 2.59. The highest BCUT2D eigenvalue weighted by Gasteiger charge is 2.21. The number of hydrogen-bond acceptors (Lipinski definition) is 3. The Balaban J connectivity index is 1.89. The standard InChI is InChI=1S/C18H26N4O2/c1-14(12-18(2,3)24-4)20-17(23)21-16-8-5-7-15(11-16)13-22-10-6-9-19-22/h5-11,14H,12-13H2,1-4H3,(H2,20,21,23). The Morgan fingerprint density at radius 3 is 2.83 bits per heavy atom. The molecule has 0 saturated carbocycles.